The summed E-state index contributed by atoms with van der Waals surface area (Å²) in [5.41, 5.74) is 4.25. The van der Waals surface area contributed by atoms with Gasteiger partial charge in [0, 0.05) is 0 Å². The van der Waals surface area contributed by atoms with Gasteiger partial charge in [-0.2, -0.15) is 0 Å². The van der Waals surface area contributed by atoms with Crippen molar-refractivity contribution in [3.05, 3.63) is 96.3 Å². The van der Waals surface area contributed by atoms with Gasteiger partial charge in [-0.3, -0.25) is 0 Å². The molecule has 5 nitrogen and oxygen atoms in total. The minimum atomic E-state index is 0.487. The van der Waals surface area contributed by atoms with Gasteiger partial charge in [-0.25, -0.2) is 4.98 Å². The van der Waals surface area contributed by atoms with E-state index in [1.54, 1.807) is 14.2 Å². The first-order valence-corrected chi connectivity index (χ1v) is 10.9. The van der Waals surface area contributed by atoms with Gasteiger partial charge < -0.3 is 18.8 Å². The van der Waals surface area contributed by atoms with Crippen LogP contribution in [0.5, 0.6) is 17.2 Å². The molecule has 0 aliphatic rings. The predicted molar refractivity (Wildman–Crippen MR) is 134 cm³/mol. The Bertz CT molecular complexity index is 1260. The fourth-order valence-electron chi connectivity index (χ4n) is 3.71. The Hall–Kier alpha value is -3.99. The summed E-state index contributed by atoms with van der Waals surface area (Å²) in [4.78, 5) is 4.81. The highest BCUT2D eigenvalue weighted by Crippen LogP contribution is 2.28. The van der Waals surface area contributed by atoms with Crippen molar-refractivity contribution in [1.29, 1.82) is 0 Å². The zero-order valence-corrected chi connectivity index (χ0v) is 19.0. The number of fused-ring (bicyclic) bond motifs is 1. The third-order valence-corrected chi connectivity index (χ3v) is 5.41. The molecule has 0 radical (unpaired) electrons. The van der Waals surface area contributed by atoms with Crippen LogP contribution in [0.1, 0.15) is 17.0 Å². The van der Waals surface area contributed by atoms with E-state index in [1.165, 1.54) is 0 Å². The summed E-state index contributed by atoms with van der Waals surface area (Å²) in [5, 5.41) is 0. The van der Waals surface area contributed by atoms with Gasteiger partial charge in [-0.05, 0) is 60.0 Å². The molecule has 0 unspecified atom stereocenters. The van der Waals surface area contributed by atoms with E-state index in [4.69, 9.17) is 19.2 Å². The van der Waals surface area contributed by atoms with Crippen LogP contribution in [-0.4, -0.2) is 30.4 Å². The summed E-state index contributed by atoms with van der Waals surface area (Å²) in [5.74, 6) is 3.17. The highest BCUT2D eigenvalue weighted by Gasteiger charge is 2.10. The Morgan fingerprint density at radius 1 is 0.909 bits per heavy atom. The number of nitrogens with zero attached hydrogens (tertiary/aromatic N) is 2. The van der Waals surface area contributed by atoms with E-state index >= 15 is 0 Å². The van der Waals surface area contributed by atoms with E-state index in [9.17, 15) is 0 Å². The first-order chi connectivity index (χ1) is 16.2. The van der Waals surface area contributed by atoms with Crippen molar-refractivity contribution in [2.75, 3.05) is 20.8 Å². The van der Waals surface area contributed by atoms with Crippen LogP contribution < -0.4 is 14.2 Å². The SMILES string of the molecule is C=CCc1ccc(OCCn2c(/C=C/c3ccc(OC)cc3)nc3ccccc32)c(OC)c1. The molecule has 168 valence electrons. The second-order valence-electron chi connectivity index (χ2n) is 7.54. The number of benzene rings is 3. The number of allylic oxidation sites excluding steroid dienone is 1. The fourth-order valence-corrected chi connectivity index (χ4v) is 3.71. The molecule has 1 heterocycles. The van der Waals surface area contributed by atoms with Crippen LogP contribution in [0.2, 0.25) is 0 Å². The molecule has 0 aliphatic heterocycles. The zero-order valence-electron chi connectivity index (χ0n) is 19.0. The topological polar surface area (TPSA) is 45.5 Å². The molecular formula is C28H28N2O3. The minimum absolute atomic E-state index is 0.487. The van der Waals surface area contributed by atoms with Crippen LogP contribution in [0, 0.1) is 0 Å². The molecule has 0 aliphatic carbocycles. The molecule has 0 fully saturated rings. The number of imidazole rings is 1. The first-order valence-electron chi connectivity index (χ1n) is 10.9. The maximum Gasteiger partial charge on any atom is 0.161 e. The molecule has 4 aromatic rings. The van der Waals surface area contributed by atoms with Crippen molar-refractivity contribution in [1.82, 2.24) is 9.55 Å². The molecule has 0 atom stereocenters. The Labute approximate surface area is 194 Å². The molecule has 0 bridgehead atoms. The van der Waals surface area contributed by atoms with Crippen LogP contribution in [0.4, 0.5) is 0 Å². The molecule has 0 saturated heterocycles. The van der Waals surface area contributed by atoms with Crippen molar-refractivity contribution >= 4 is 23.2 Å². The van der Waals surface area contributed by atoms with E-state index in [2.05, 4.69) is 23.3 Å². The summed E-state index contributed by atoms with van der Waals surface area (Å²) in [6.07, 6.45) is 6.76. The number of hydrogen-bond donors (Lipinski definition) is 0. The lowest BCUT2D eigenvalue weighted by molar-refractivity contribution is 0.280. The molecule has 3 aromatic carbocycles. The van der Waals surface area contributed by atoms with Crippen LogP contribution in [0.15, 0.2) is 79.4 Å². The van der Waals surface area contributed by atoms with Gasteiger partial charge in [0.2, 0.25) is 0 Å². The van der Waals surface area contributed by atoms with E-state index in [0.717, 1.165) is 51.7 Å². The van der Waals surface area contributed by atoms with Crippen molar-refractivity contribution in [2.45, 2.75) is 13.0 Å². The van der Waals surface area contributed by atoms with Gasteiger partial charge in [0.15, 0.2) is 11.5 Å². The summed E-state index contributed by atoms with van der Waals surface area (Å²) >= 11 is 0. The van der Waals surface area contributed by atoms with Crippen molar-refractivity contribution in [3.8, 4) is 17.2 Å². The lowest BCUT2D eigenvalue weighted by atomic mass is 10.1. The number of aromatic nitrogens is 2. The van der Waals surface area contributed by atoms with Crippen LogP contribution >= 0.6 is 0 Å². The molecule has 0 amide bonds. The molecule has 0 N–H and O–H groups in total. The van der Waals surface area contributed by atoms with Gasteiger partial charge in [-0.1, -0.05) is 42.5 Å². The molecule has 4 rings (SSSR count). The van der Waals surface area contributed by atoms with Crippen molar-refractivity contribution in [2.24, 2.45) is 0 Å². The first kappa shape index (κ1) is 22.2. The number of hydrogen-bond acceptors (Lipinski definition) is 4. The van der Waals surface area contributed by atoms with Crippen molar-refractivity contribution in [3.63, 3.8) is 0 Å². The van der Waals surface area contributed by atoms with Crippen LogP contribution in [0.3, 0.4) is 0 Å². The quantitative estimate of drug-likeness (QED) is 0.282. The van der Waals surface area contributed by atoms with Gasteiger partial charge >= 0.3 is 0 Å². The van der Waals surface area contributed by atoms with Crippen molar-refractivity contribution < 1.29 is 14.2 Å². The third kappa shape index (κ3) is 5.26. The zero-order chi connectivity index (χ0) is 23.0. The standard InChI is InChI=1S/C28H28N2O3/c1-4-7-22-12-16-26(27(20-22)32-3)33-19-18-30-25-9-6-5-8-24(25)29-28(30)17-13-21-10-14-23(31-2)15-11-21/h4-6,8-17,20H,1,7,18-19H2,2-3H3/b17-13+. The normalized spacial score (nSPS) is 11.1. The lowest BCUT2D eigenvalue weighted by Gasteiger charge is -2.13. The Morgan fingerprint density at radius 2 is 1.73 bits per heavy atom. The predicted octanol–water partition coefficient (Wildman–Crippen LogP) is 6.03. The maximum atomic E-state index is 6.09. The average Bonchev–Trinajstić information content (AvgIpc) is 3.21. The van der Waals surface area contributed by atoms with E-state index in [0.29, 0.717) is 13.2 Å². The number of methoxy groups -OCH3 is 2. The Morgan fingerprint density at radius 3 is 2.48 bits per heavy atom. The second kappa shape index (κ2) is 10.6. The van der Waals surface area contributed by atoms with Crippen LogP contribution in [-0.2, 0) is 13.0 Å². The number of rotatable bonds is 10. The molecule has 0 saturated carbocycles. The fraction of sp³-hybridized carbons (Fsp3) is 0.179. The van der Waals surface area contributed by atoms with Gasteiger partial charge in [0.05, 0.1) is 31.8 Å². The smallest absolute Gasteiger partial charge is 0.161 e. The molecule has 1 aromatic heterocycles. The van der Waals surface area contributed by atoms with E-state index in [-0.39, 0.29) is 0 Å². The third-order valence-electron chi connectivity index (χ3n) is 5.41. The van der Waals surface area contributed by atoms with Gasteiger partial charge in [0.25, 0.3) is 0 Å². The second-order valence-corrected chi connectivity index (χ2v) is 7.54. The number of para-hydroxylation sites is 2. The highest BCUT2D eigenvalue weighted by atomic mass is 16.5. The maximum absolute atomic E-state index is 6.09. The summed E-state index contributed by atoms with van der Waals surface area (Å²) in [6, 6.07) is 22.1. The average molecular weight is 441 g/mol. The number of ether oxygens (including phenoxy) is 3. The molecule has 0 spiro atoms. The van der Waals surface area contributed by atoms with Gasteiger partial charge in [0.1, 0.15) is 18.2 Å². The van der Waals surface area contributed by atoms with E-state index < -0.39 is 0 Å². The highest BCUT2D eigenvalue weighted by molar-refractivity contribution is 5.79. The summed E-state index contributed by atoms with van der Waals surface area (Å²) in [7, 11) is 3.33. The molecular weight excluding hydrogens is 412 g/mol. The van der Waals surface area contributed by atoms with E-state index in [1.807, 2.05) is 72.8 Å². The molecule has 5 heteroatoms. The summed E-state index contributed by atoms with van der Waals surface area (Å²) in [6.45, 7) is 4.94. The lowest BCUT2D eigenvalue weighted by Crippen LogP contribution is -2.10. The Balaban J connectivity index is 1.53. The van der Waals surface area contributed by atoms with Crippen LogP contribution in [0.25, 0.3) is 23.2 Å². The Kier molecular flexibility index (Phi) is 7.10. The van der Waals surface area contributed by atoms with Gasteiger partial charge in [-0.15, -0.1) is 6.58 Å². The largest absolute Gasteiger partial charge is 0.497 e. The monoisotopic (exact) mass is 440 g/mol. The molecule has 33 heavy (non-hydrogen) atoms. The minimum Gasteiger partial charge on any atom is -0.497 e. The summed E-state index contributed by atoms with van der Waals surface area (Å²) < 4.78 is 19.0.